The van der Waals surface area contributed by atoms with Gasteiger partial charge in [-0.15, -0.1) is 0 Å². The monoisotopic (exact) mass is 219 g/mol. The van der Waals surface area contributed by atoms with Crippen molar-refractivity contribution in [3.63, 3.8) is 0 Å². The molecule has 0 saturated carbocycles. The summed E-state index contributed by atoms with van der Waals surface area (Å²) in [6, 6.07) is 0. The van der Waals surface area contributed by atoms with Crippen molar-refractivity contribution in [1.29, 1.82) is 5.41 Å². The number of rotatable bonds is 4. The summed E-state index contributed by atoms with van der Waals surface area (Å²) in [7, 11) is 0. The van der Waals surface area contributed by atoms with Crippen LogP contribution in [0.3, 0.4) is 0 Å². The zero-order valence-electron chi connectivity index (χ0n) is 6.87. The molecular weight excluding hydrogens is 206 g/mol. The molecule has 4 heteroatoms. The lowest BCUT2D eigenvalue weighted by Gasteiger charge is -2.02. The molecule has 0 fully saturated rings. The molecule has 0 aromatic heterocycles. The third-order valence-electron chi connectivity index (χ3n) is 0.959. The molecule has 0 aliphatic carbocycles. The molecule has 0 amide bonds. The van der Waals surface area contributed by atoms with E-state index >= 15 is 0 Å². The fraction of sp³-hybridized carbons (Fsp3) is 0.571. The van der Waals surface area contributed by atoms with Gasteiger partial charge in [0.25, 0.3) is 0 Å². The van der Waals surface area contributed by atoms with Crippen molar-refractivity contribution < 1.29 is 0 Å². The van der Waals surface area contributed by atoms with Gasteiger partial charge in [0.05, 0.1) is 10.4 Å². The van der Waals surface area contributed by atoms with E-state index in [0.29, 0.717) is 5.84 Å². The zero-order valence-corrected chi connectivity index (χ0v) is 8.46. The first-order chi connectivity index (χ1) is 5.16. The number of halogens is 1. The molecule has 0 radical (unpaired) electrons. The Labute approximate surface area is 75.9 Å². The van der Waals surface area contributed by atoms with Crippen LogP contribution in [0.1, 0.15) is 20.3 Å². The molecule has 0 aliphatic rings. The maximum absolute atomic E-state index is 7.06. The fourth-order valence-corrected chi connectivity index (χ4v) is 0.780. The molecule has 3 N–H and O–H groups in total. The number of hydrogen-bond acceptors (Lipinski definition) is 2. The van der Waals surface area contributed by atoms with Crippen LogP contribution in [0.5, 0.6) is 0 Å². The first-order valence-corrected chi connectivity index (χ1v) is 4.37. The Bertz CT molecular complexity index is 154. The summed E-state index contributed by atoms with van der Waals surface area (Å²) in [5.41, 5.74) is 0. The van der Waals surface area contributed by atoms with Gasteiger partial charge in [0, 0.05) is 12.7 Å². The summed E-state index contributed by atoms with van der Waals surface area (Å²) >= 11 is 3.30. The average molecular weight is 220 g/mol. The van der Waals surface area contributed by atoms with E-state index in [9.17, 15) is 0 Å². The number of nitrogens with one attached hydrogen (secondary N) is 3. The van der Waals surface area contributed by atoms with Gasteiger partial charge in [-0.1, -0.05) is 6.92 Å². The highest BCUT2D eigenvalue weighted by Gasteiger charge is 1.87. The van der Waals surface area contributed by atoms with Crippen LogP contribution in [0.15, 0.2) is 10.8 Å². The lowest BCUT2D eigenvalue weighted by molar-refractivity contribution is 0.799. The first kappa shape index (κ1) is 10.5. The van der Waals surface area contributed by atoms with Crippen LogP contribution in [0.2, 0.25) is 0 Å². The smallest absolute Gasteiger partial charge is 0.0943 e. The summed E-state index contributed by atoms with van der Waals surface area (Å²) in [5, 5.41) is 12.9. The highest BCUT2D eigenvalue weighted by atomic mass is 79.9. The van der Waals surface area contributed by atoms with Crippen molar-refractivity contribution in [2.45, 2.75) is 20.3 Å². The number of amidine groups is 1. The summed E-state index contributed by atoms with van der Waals surface area (Å²) in [5.74, 6) is 0.431. The second kappa shape index (κ2) is 6.22. The van der Waals surface area contributed by atoms with E-state index in [1.165, 1.54) is 0 Å². The quantitative estimate of drug-likeness (QED) is 0.384. The predicted octanol–water partition coefficient (Wildman–Crippen LogP) is 1.77. The van der Waals surface area contributed by atoms with Crippen LogP contribution < -0.4 is 10.6 Å². The molecule has 0 rings (SSSR count). The summed E-state index contributed by atoms with van der Waals surface area (Å²) in [4.78, 5) is 0. The van der Waals surface area contributed by atoms with Crippen LogP contribution in [0.4, 0.5) is 0 Å². The summed E-state index contributed by atoms with van der Waals surface area (Å²) < 4.78 is 0.881. The van der Waals surface area contributed by atoms with Crippen molar-refractivity contribution in [1.82, 2.24) is 10.6 Å². The van der Waals surface area contributed by atoms with Crippen LogP contribution >= 0.6 is 15.9 Å². The van der Waals surface area contributed by atoms with Gasteiger partial charge in [-0.3, -0.25) is 5.41 Å². The van der Waals surface area contributed by atoms with Gasteiger partial charge in [0.1, 0.15) is 0 Å². The molecule has 0 unspecified atom stereocenters. The highest BCUT2D eigenvalue weighted by molar-refractivity contribution is 9.11. The van der Waals surface area contributed by atoms with Crippen molar-refractivity contribution >= 4 is 21.8 Å². The van der Waals surface area contributed by atoms with Crippen molar-refractivity contribution in [3.05, 3.63) is 10.8 Å². The average Bonchev–Trinajstić information content (AvgIpc) is 1.97. The summed E-state index contributed by atoms with van der Waals surface area (Å²) in [6.07, 6.45) is 2.81. The molecule has 0 bridgehead atoms. The van der Waals surface area contributed by atoms with Gasteiger partial charge in [0.2, 0.25) is 0 Å². The van der Waals surface area contributed by atoms with E-state index in [4.69, 9.17) is 5.41 Å². The van der Waals surface area contributed by atoms with Gasteiger partial charge in [-0.25, -0.2) is 0 Å². The van der Waals surface area contributed by atoms with E-state index < -0.39 is 0 Å². The van der Waals surface area contributed by atoms with Gasteiger partial charge < -0.3 is 10.6 Å². The van der Waals surface area contributed by atoms with Crippen LogP contribution in [0.25, 0.3) is 0 Å². The molecule has 64 valence electrons. The molecule has 0 atom stereocenters. The third-order valence-corrected chi connectivity index (χ3v) is 1.47. The molecule has 11 heavy (non-hydrogen) atoms. The minimum atomic E-state index is 0.431. The molecule has 0 aromatic rings. The Kier molecular flexibility index (Phi) is 5.93. The zero-order chi connectivity index (χ0) is 8.69. The van der Waals surface area contributed by atoms with Crippen molar-refractivity contribution in [3.8, 4) is 0 Å². The largest absolute Gasteiger partial charge is 0.378 e. The SMILES string of the molecule is CCCN/C(Br)=C\NC(C)=N. The second-order valence-corrected chi connectivity index (χ2v) is 3.04. The third kappa shape index (κ3) is 7.39. The topological polar surface area (TPSA) is 47.9 Å². The fourth-order valence-electron chi connectivity index (χ4n) is 0.467. The normalized spacial score (nSPS) is 11.0. The molecule has 0 aromatic carbocycles. The molecular formula is C7H14BrN3. The van der Waals surface area contributed by atoms with Crippen molar-refractivity contribution in [2.24, 2.45) is 0 Å². The van der Waals surface area contributed by atoms with Crippen LogP contribution in [-0.2, 0) is 0 Å². The molecule has 0 heterocycles. The Balaban J connectivity index is 3.54. The summed E-state index contributed by atoms with van der Waals surface area (Å²) in [6.45, 7) is 4.73. The van der Waals surface area contributed by atoms with Crippen LogP contribution in [-0.4, -0.2) is 12.4 Å². The van der Waals surface area contributed by atoms with Gasteiger partial charge >= 0.3 is 0 Å². The Morgan fingerprint density at radius 2 is 2.27 bits per heavy atom. The Morgan fingerprint density at radius 3 is 2.73 bits per heavy atom. The van der Waals surface area contributed by atoms with E-state index in [0.717, 1.165) is 17.6 Å². The maximum atomic E-state index is 7.06. The minimum absolute atomic E-state index is 0.431. The second-order valence-electron chi connectivity index (χ2n) is 2.19. The Morgan fingerprint density at radius 1 is 1.64 bits per heavy atom. The standard InChI is InChI=1S/C7H14BrN3/c1-3-4-10-7(8)5-11-6(2)9/h5,10H,3-4H2,1-2H3,(H2,9,11)/b7-5-. The predicted molar refractivity (Wildman–Crippen MR) is 51.8 cm³/mol. The minimum Gasteiger partial charge on any atom is -0.378 e. The van der Waals surface area contributed by atoms with Gasteiger partial charge in [0.15, 0.2) is 0 Å². The van der Waals surface area contributed by atoms with Gasteiger partial charge in [-0.2, -0.15) is 0 Å². The van der Waals surface area contributed by atoms with E-state index in [2.05, 4.69) is 33.5 Å². The number of hydrogen-bond donors (Lipinski definition) is 3. The van der Waals surface area contributed by atoms with Gasteiger partial charge in [-0.05, 0) is 29.3 Å². The van der Waals surface area contributed by atoms with E-state index in [1.54, 1.807) is 13.1 Å². The molecule has 0 spiro atoms. The molecule has 3 nitrogen and oxygen atoms in total. The van der Waals surface area contributed by atoms with E-state index in [-0.39, 0.29) is 0 Å². The van der Waals surface area contributed by atoms with E-state index in [1.807, 2.05) is 0 Å². The maximum Gasteiger partial charge on any atom is 0.0943 e. The van der Waals surface area contributed by atoms with Crippen molar-refractivity contribution in [2.75, 3.05) is 6.54 Å². The van der Waals surface area contributed by atoms with Crippen LogP contribution in [0, 0.1) is 5.41 Å². The first-order valence-electron chi connectivity index (χ1n) is 3.58. The lowest BCUT2D eigenvalue weighted by atomic mass is 10.5. The molecule has 0 saturated heterocycles. The molecule has 0 aliphatic heterocycles. The highest BCUT2D eigenvalue weighted by Crippen LogP contribution is 1.96. The Hall–Kier alpha value is -0.510. The lowest BCUT2D eigenvalue weighted by Crippen LogP contribution is -2.16.